The monoisotopic (exact) mass is 312 g/mol. The lowest BCUT2D eigenvalue weighted by Gasteiger charge is -2.57. The first-order valence-electron chi connectivity index (χ1n) is 9.15. The third-order valence-corrected chi connectivity index (χ3v) is 7.89. The molecule has 23 heavy (non-hydrogen) atoms. The molecule has 4 aliphatic rings. The quantitative estimate of drug-likeness (QED) is 0.741. The van der Waals surface area contributed by atoms with E-state index in [2.05, 4.69) is 32.6 Å². The van der Waals surface area contributed by atoms with Crippen LogP contribution < -0.4 is 0 Å². The minimum atomic E-state index is -0.195. The molecule has 7 unspecified atom stereocenters. The number of rotatable bonds is 1. The van der Waals surface area contributed by atoms with Crippen LogP contribution in [0.5, 0.6) is 0 Å². The number of carbonyl (C=O) groups is 1. The van der Waals surface area contributed by atoms with Crippen molar-refractivity contribution in [1.82, 2.24) is 0 Å². The van der Waals surface area contributed by atoms with Gasteiger partial charge in [-0.15, -0.1) is 6.58 Å². The molecule has 2 nitrogen and oxygen atoms in total. The van der Waals surface area contributed by atoms with E-state index in [4.69, 9.17) is 0 Å². The van der Waals surface area contributed by atoms with Crippen molar-refractivity contribution < 1.29 is 9.90 Å². The molecule has 0 spiro atoms. The van der Waals surface area contributed by atoms with Crippen LogP contribution >= 0.6 is 0 Å². The maximum atomic E-state index is 11.8. The summed E-state index contributed by atoms with van der Waals surface area (Å²) in [6, 6.07) is 0. The summed E-state index contributed by atoms with van der Waals surface area (Å²) in [5.41, 5.74) is 1.54. The summed E-state index contributed by atoms with van der Waals surface area (Å²) in [6.45, 7) is 8.73. The lowest BCUT2D eigenvalue weighted by molar-refractivity contribution is -0.111. The van der Waals surface area contributed by atoms with Crippen LogP contribution in [0.1, 0.15) is 46.0 Å². The van der Waals surface area contributed by atoms with Crippen molar-refractivity contribution in [3.05, 3.63) is 36.5 Å². The molecule has 0 heterocycles. The van der Waals surface area contributed by atoms with Gasteiger partial charge in [-0.05, 0) is 73.3 Å². The molecule has 0 aromatic heterocycles. The highest BCUT2D eigenvalue weighted by Crippen LogP contribution is 2.66. The van der Waals surface area contributed by atoms with Gasteiger partial charge in [-0.25, -0.2) is 0 Å². The Kier molecular flexibility index (Phi) is 3.29. The van der Waals surface area contributed by atoms with Crippen LogP contribution in [-0.4, -0.2) is 17.0 Å². The molecule has 124 valence electrons. The maximum absolute atomic E-state index is 11.8. The molecular formula is C21H28O2. The molecule has 0 aromatic carbocycles. The highest BCUT2D eigenvalue weighted by atomic mass is 16.3. The molecule has 3 saturated carbocycles. The first-order valence-corrected chi connectivity index (χ1v) is 9.15. The predicted molar refractivity (Wildman–Crippen MR) is 91.7 cm³/mol. The molecule has 4 rings (SSSR count). The number of ketones is 1. The Morgan fingerprint density at radius 2 is 2.13 bits per heavy atom. The van der Waals surface area contributed by atoms with E-state index >= 15 is 0 Å². The topological polar surface area (TPSA) is 37.3 Å². The average Bonchev–Trinajstić information content (AvgIpc) is 2.79. The molecule has 0 radical (unpaired) electrons. The standard InChI is InChI=1S/C21H28O2/c1-4-13-12-18(23)19-16-6-5-14-11-15(22)7-9-20(14,2)17(16)8-10-21(13,19)3/h4,7,9,11,13,16-19,23H,1,5-6,8,10,12H2,2-3H3. The Balaban J connectivity index is 1.72. The molecule has 1 N–H and O–H groups in total. The molecule has 0 saturated heterocycles. The zero-order valence-electron chi connectivity index (χ0n) is 14.3. The highest BCUT2D eigenvalue weighted by Gasteiger charge is 2.60. The van der Waals surface area contributed by atoms with E-state index in [1.807, 2.05) is 6.08 Å². The summed E-state index contributed by atoms with van der Waals surface area (Å²) >= 11 is 0. The van der Waals surface area contributed by atoms with Gasteiger partial charge in [0.1, 0.15) is 0 Å². The fraction of sp³-hybridized carbons (Fsp3) is 0.667. The molecule has 0 aliphatic heterocycles. The maximum Gasteiger partial charge on any atom is 0.178 e. The van der Waals surface area contributed by atoms with Gasteiger partial charge in [-0.1, -0.05) is 31.6 Å². The minimum absolute atomic E-state index is 0.0180. The molecule has 2 heteroatoms. The number of carbonyl (C=O) groups excluding carboxylic acids is 1. The second-order valence-corrected chi connectivity index (χ2v) is 8.71. The van der Waals surface area contributed by atoms with Gasteiger partial charge in [-0.3, -0.25) is 4.79 Å². The van der Waals surface area contributed by atoms with E-state index in [-0.39, 0.29) is 22.7 Å². The number of fused-ring (bicyclic) bond motifs is 5. The van der Waals surface area contributed by atoms with Crippen LogP contribution in [-0.2, 0) is 4.79 Å². The van der Waals surface area contributed by atoms with Crippen molar-refractivity contribution in [2.24, 2.45) is 34.5 Å². The lowest BCUT2D eigenvalue weighted by Crippen LogP contribution is -2.51. The Morgan fingerprint density at radius 1 is 1.35 bits per heavy atom. The smallest absolute Gasteiger partial charge is 0.178 e. The lowest BCUT2D eigenvalue weighted by atomic mass is 9.47. The number of allylic oxidation sites excluding steroid dienone is 5. The van der Waals surface area contributed by atoms with E-state index in [0.717, 1.165) is 25.7 Å². The van der Waals surface area contributed by atoms with Gasteiger partial charge in [0.15, 0.2) is 5.78 Å². The van der Waals surface area contributed by atoms with Crippen LogP contribution in [0.25, 0.3) is 0 Å². The van der Waals surface area contributed by atoms with Crippen LogP contribution in [0.4, 0.5) is 0 Å². The van der Waals surface area contributed by atoms with Crippen molar-refractivity contribution >= 4 is 5.78 Å². The van der Waals surface area contributed by atoms with E-state index in [1.54, 1.807) is 6.08 Å². The molecule has 3 fully saturated rings. The van der Waals surface area contributed by atoms with Gasteiger partial charge in [0, 0.05) is 5.41 Å². The van der Waals surface area contributed by atoms with Gasteiger partial charge in [0.25, 0.3) is 0 Å². The number of aliphatic hydroxyl groups is 1. The van der Waals surface area contributed by atoms with E-state index in [9.17, 15) is 9.90 Å². The van der Waals surface area contributed by atoms with Crippen molar-refractivity contribution in [3.63, 3.8) is 0 Å². The Morgan fingerprint density at radius 3 is 2.87 bits per heavy atom. The van der Waals surface area contributed by atoms with Gasteiger partial charge in [0.2, 0.25) is 0 Å². The largest absolute Gasteiger partial charge is 0.393 e. The molecule has 0 bridgehead atoms. The van der Waals surface area contributed by atoms with Crippen LogP contribution in [0.3, 0.4) is 0 Å². The molecule has 7 atom stereocenters. The molecule has 0 aromatic rings. The predicted octanol–water partition coefficient (Wildman–Crippen LogP) is 4.07. The molecular weight excluding hydrogens is 284 g/mol. The van der Waals surface area contributed by atoms with E-state index < -0.39 is 0 Å². The van der Waals surface area contributed by atoms with Gasteiger partial charge >= 0.3 is 0 Å². The first kappa shape index (κ1) is 15.4. The Hall–Kier alpha value is -1.15. The minimum Gasteiger partial charge on any atom is -0.393 e. The summed E-state index contributed by atoms with van der Waals surface area (Å²) in [4.78, 5) is 11.8. The van der Waals surface area contributed by atoms with Crippen molar-refractivity contribution in [2.75, 3.05) is 0 Å². The Labute approximate surface area is 139 Å². The summed E-state index contributed by atoms with van der Waals surface area (Å²) < 4.78 is 0. The molecule has 0 amide bonds. The summed E-state index contributed by atoms with van der Waals surface area (Å²) in [7, 11) is 0. The zero-order valence-corrected chi connectivity index (χ0v) is 14.3. The average molecular weight is 312 g/mol. The molecule has 4 aliphatic carbocycles. The first-order chi connectivity index (χ1) is 10.9. The zero-order chi connectivity index (χ0) is 16.4. The number of hydrogen-bond acceptors (Lipinski definition) is 2. The highest BCUT2D eigenvalue weighted by molar-refractivity contribution is 6.01. The van der Waals surface area contributed by atoms with E-state index in [1.165, 1.54) is 12.0 Å². The summed E-state index contributed by atoms with van der Waals surface area (Å²) in [6.07, 6.45) is 13.0. The van der Waals surface area contributed by atoms with Crippen LogP contribution in [0.2, 0.25) is 0 Å². The fourth-order valence-electron chi connectivity index (χ4n) is 6.67. The van der Waals surface area contributed by atoms with Gasteiger partial charge in [0.05, 0.1) is 6.10 Å². The normalized spacial score (nSPS) is 51.5. The van der Waals surface area contributed by atoms with Gasteiger partial charge < -0.3 is 5.11 Å². The third-order valence-electron chi connectivity index (χ3n) is 7.89. The van der Waals surface area contributed by atoms with Gasteiger partial charge in [-0.2, -0.15) is 0 Å². The van der Waals surface area contributed by atoms with Crippen molar-refractivity contribution in [2.45, 2.75) is 52.1 Å². The summed E-state index contributed by atoms with van der Waals surface area (Å²) in [5.74, 6) is 2.09. The van der Waals surface area contributed by atoms with Crippen LogP contribution in [0.15, 0.2) is 36.5 Å². The van der Waals surface area contributed by atoms with E-state index in [0.29, 0.717) is 23.7 Å². The fourth-order valence-corrected chi connectivity index (χ4v) is 6.67. The van der Waals surface area contributed by atoms with Crippen LogP contribution in [0, 0.1) is 34.5 Å². The van der Waals surface area contributed by atoms with Crippen molar-refractivity contribution in [1.29, 1.82) is 0 Å². The summed E-state index contributed by atoms with van der Waals surface area (Å²) in [5, 5.41) is 10.8. The second kappa shape index (κ2) is 4.92. The number of hydrogen-bond donors (Lipinski definition) is 1. The second-order valence-electron chi connectivity index (χ2n) is 8.71. The SMILES string of the molecule is C=CC1CC(O)C2C3CCC4=CC(=O)C=CC4(C)C3CCC12C. The number of aliphatic hydroxyl groups excluding tert-OH is 1. The third kappa shape index (κ3) is 1.94. The van der Waals surface area contributed by atoms with Crippen molar-refractivity contribution in [3.8, 4) is 0 Å². The Bertz CT molecular complexity index is 615.